The molecule has 0 fully saturated rings. The van der Waals surface area contributed by atoms with Gasteiger partial charge < -0.3 is 10.2 Å². The molecule has 3 rings (SSSR count). The van der Waals surface area contributed by atoms with E-state index in [9.17, 15) is 18.0 Å². The van der Waals surface area contributed by atoms with Gasteiger partial charge in [0.1, 0.15) is 12.6 Å². The number of carbonyl (C=O) groups excluding carboxylic acids is 2. The summed E-state index contributed by atoms with van der Waals surface area (Å²) in [4.78, 5) is 28.5. The summed E-state index contributed by atoms with van der Waals surface area (Å²) in [6.45, 7) is 6.97. The van der Waals surface area contributed by atoms with Gasteiger partial charge in [-0.05, 0) is 74.2 Å². The first-order valence-corrected chi connectivity index (χ1v) is 15.4. The number of rotatable bonds is 12. The van der Waals surface area contributed by atoms with Crippen LogP contribution in [0, 0.1) is 0 Å². The van der Waals surface area contributed by atoms with E-state index in [0.29, 0.717) is 21.3 Å². The van der Waals surface area contributed by atoms with E-state index in [-0.39, 0.29) is 23.4 Å². The fraction of sp³-hybridized carbons (Fsp3) is 0.333. The van der Waals surface area contributed by atoms with Crippen LogP contribution in [0.5, 0.6) is 0 Å². The van der Waals surface area contributed by atoms with Gasteiger partial charge in [-0.1, -0.05) is 73.4 Å². The highest BCUT2D eigenvalue weighted by Crippen LogP contribution is 2.26. The zero-order chi connectivity index (χ0) is 29.4. The van der Waals surface area contributed by atoms with Crippen LogP contribution in [0.25, 0.3) is 0 Å². The molecule has 0 aromatic heterocycles. The highest BCUT2D eigenvalue weighted by molar-refractivity contribution is 7.92. The van der Waals surface area contributed by atoms with Crippen molar-refractivity contribution in [2.24, 2.45) is 0 Å². The Morgan fingerprint density at radius 2 is 1.50 bits per heavy atom. The Kier molecular flexibility index (Phi) is 11.0. The molecular formula is C30H35Cl2N3O4S. The number of carbonyl (C=O) groups is 2. The molecule has 0 saturated heterocycles. The molecule has 0 heterocycles. The SMILES string of the molecule is CCc1ccc(N(CC(=O)N(Cc2ccc(Cl)c(Cl)c2)[C@@H](C)C(=O)N[C@@H](C)CC)S(=O)(=O)c2ccccc2)cc1. The molecule has 0 bridgehead atoms. The lowest BCUT2D eigenvalue weighted by molar-refractivity contribution is -0.139. The first-order valence-electron chi connectivity index (χ1n) is 13.2. The van der Waals surface area contributed by atoms with Crippen molar-refractivity contribution in [2.75, 3.05) is 10.8 Å². The minimum atomic E-state index is -4.11. The average molecular weight is 605 g/mol. The number of aryl methyl sites for hydroxylation is 1. The minimum Gasteiger partial charge on any atom is -0.352 e. The molecule has 0 saturated carbocycles. The molecule has 214 valence electrons. The Morgan fingerprint density at radius 1 is 0.875 bits per heavy atom. The van der Waals surface area contributed by atoms with E-state index in [2.05, 4.69) is 5.32 Å². The van der Waals surface area contributed by atoms with Gasteiger partial charge in [-0.25, -0.2) is 8.42 Å². The summed E-state index contributed by atoms with van der Waals surface area (Å²) in [6, 6.07) is 19.0. The van der Waals surface area contributed by atoms with Crippen LogP contribution in [-0.2, 0) is 32.6 Å². The van der Waals surface area contributed by atoms with Gasteiger partial charge in [-0.15, -0.1) is 0 Å². The fourth-order valence-electron chi connectivity index (χ4n) is 4.03. The molecule has 2 atom stereocenters. The Labute approximate surface area is 247 Å². The molecule has 0 aliphatic carbocycles. The Hall–Kier alpha value is -3.07. The predicted molar refractivity (Wildman–Crippen MR) is 161 cm³/mol. The molecule has 0 unspecified atom stereocenters. The smallest absolute Gasteiger partial charge is 0.264 e. The van der Waals surface area contributed by atoms with Gasteiger partial charge in [0.15, 0.2) is 0 Å². The zero-order valence-corrected chi connectivity index (χ0v) is 25.4. The van der Waals surface area contributed by atoms with Gasteiger partial charge in [0, 0.05) is 12.6 Å². The molecule has 3 aromatic rings. The van der Waals surface area contributed by atoms with E-state index in [1.807, 2.05) is 32.9 Å². The molecule has 7 nitrogen and oxygen atoms in total. The summed E-state index contributed by atoms with van der Waals surface area (Å²) in [5.74, 6) is -0.885. The summed E-state index contributed by atoms with van der Waals surface area (Å²) in [5.41, 5.74) is 2.03. The number of anilines is 1. The van der Waals surface area contributed by atoms with E-state index >= 15 is 0 Å². The number of sulfonamides is 1. The van der Waals surface area contributed by atoms with Crippen LogP contribution in [0.3, 0.4) is 0 Å². The van der Waals surface area contributed by atoms with Crippen LogP contribution in [0.15, 0.2) is 77.7 Å². The summed E-state index contributed by atoms with van der Waals surface area (Å²) in [6.07, 6.45) is 1.50. The largest absolute Gasteiger partial charge is 0.352 e. The second kappa shape index (κ2) is 14.0. The van der Waals surface area contributed by atoms with Gasteiger partial charge in [0.2, 0.25) is 11.8 Å². The highest BCUT2D eigenvalue weighted by atomic mass is 35.5. The normalized spacial score (nSPS) is 12.8. The van der Waals surface area contributed by atoms with Crippen LogP contribution in [0.4, 0.5) is 5.69 Å². The summed E-state index contributed by atoms with van der Waals surface area (Å²) in [5, 5.41) is 3.59. The van der Waals surface area contributed by atoms with Gasteiger partial charge in [0.05, 0.1) is 20.6 Å². The average Bonchev–Trinajstić information content (AvgIpc) is 2.96. The van der Waals surface area contributed by atoms with E-state index in [1.165, 1.54) is 17.0 Å². The third kappa shape index (κ3) is 7.77. The number of amides is 2. The maximum Gasteiger partial charge on any atom is 0.264 e. The monoisotopic (exact) mass is 603 g/mol. The van der Waals surface area contributed by atoms with Crippen LogP contribution >= 0.6 is 23.2 Å². The lowest BCUT2D eigenvalue weighted by Gasteiger charge is -2.32. The van der Waals surface area contributed by atoms with E-state index in [4.69, 9.17) is 23.2 Å². The number of halogens is 2. The molecule has 2 amide bonds. The van der Waals surface area contributed by atoms with E-state index < -0.39 is 28.5 Å². The van der Waals surface area contributed by atoms with Crippen LogP contribution in [-0.4, -0.2) is 43.8 Å². The molecule has 1 N–H and O–H groups in total. The third-order valence-corrected chi connectivity index (χ3v) is 9.28. The highest BCUT2D eigenvalue weighted by Gasteiger charge is 2.32. The summed E-state index contributed by atoms with van der Waals surface area (Å²) in [7, 11) is -4.11. The van der Waals surface area contributed by atoms with Gasteiger partial charge in [-0.2, -0.15) is 0 Å². The molecule has 0 spiro atoms. The van der Waals surface area contributed by atoms with Crippen LogP contribution in [0.2, 0.25) is 10.0 Å². The van der Waals surface area contributed by atoms with Crippen molar-refractivity contribution in [3.8, 4) is 0 Å². The van der Waals surface area contributed by atoms with Crippen molar-refractivity contribution in [1.29, 1.82) is 0 Å². The number of nitrogens with one attached hydrogen (secondary N) is 1. The van der Waals surface area contributed by atoms with Crippen molar-refractivity contribution in [3.63, 3.8) is 0 Å². The molecular weight excluding hydrogens is 569 g/mol. The van der Waals surface area contributed by atoms with E-state index in [0.717, 1.165) is 22.7 Å². The molecule has 0 aliphatic heterocycles. The first-order chi connectivity index (χ1) is 19.0. The number of benzene rings is 3. The first kappa shape index (κ1) is 31.5. The van der Waals surface area contributed by atoms with Gasteiger partial charge in [0.25, 0.3) is 10.0 Å². The third-order valence-electron chi connectivity index (χ3n) is 6.75. The van der Waals surface area contributed by atoms with Crippen LogP contribution < -0.4 is 9.62 Å². The predicted octanol–water partition coefficient (Wildman–Crippen LogP) is 6.08. The van der Waals surface area contributed by atoms with Crippen molar-refractivity contribution >= 4 is 50.7 Å². The molecule has 0 aliphatic rings. The van der Waals surface area contributed by atoms with Gasteiger partial charge in [-0.3, -0.25) is 13.9 Å². The molecule has 10 heteroatoms. The van der Waals surface area contributed by atoms with Gasteiger partial charge >= 0.3 is 0 Å². The molecule has 40 heavy (non-hydrogen) atoms. The quantitative estimate of drug-likeness (QED) is 0.272. The molecule has 0 radical (unpaired) electrons. The maximum absolute atomic E-state index is 14.0. The topological polar surface area (TPSA) is 86.8 Å². The number of hydrogen-bond acceptors (Lipinski definition) is 4. The van der Waals surface area contributed by atoms with Crippen molar-refractivity contribution in [3.05, 3.63) is 94.0 Å². The fourth-order valence-corrected chi connectivity index (χ4v) is 5.79. The lowest BCUT2D eigenvalue weighted by atomic mass is 10.1. The Morgan fingerprint density at radius 3 is 2.08 bits per heavy atom. The number of hydrogen-bond donors (Lipinski definition) is 1. The zero-order valence-electron chi connectivity index (χ0n) is 23.1. The lowest BCUT2D eigenvalue weighted by Crippen LogP contribution is -2.52. The number of nitrogens with zero attached hydrogens (tertiary/aromatic N) is 2. The second-order valence-corrected chi connectivity index (χ2v) is 12.3. The summed E-state index contributed by atoms with van der Waals surface area (Å²) >= 11 is 12.3. The Bertz CT molecular complexity index is 1420. The van der Waals surface area contributed by atoms with E-state index in [1.54, 1.807) is 55.5 Å². The van der Waals surface area contributed by atoms with Crippen molar-refractivity contribution in [2.45, 2.75) is 64.1 Å². The maximum atomic E-state index is 14.0. The van der Waals surface area contributed by atoms with Crippen LogP contribution in [0.1, 0.15) is 45.2 Å². The second-order valence-electron chi connectivity index (χ2n) is 9.61. The minimum absolute atomic E-state index is 0.0266. The molecule has 3 aromatic carbocycles. The standard InChI is InChI=1S/C30H35Cl2N3O4S/c1-5-21(3)33-30(37)22(4)34(19-24-14-17-27(31)28(32)18-24)29(36)20-35(25-15-12-23(6-2)13-16-25)40(38,39)26-10-8-7-9-11-26/h7-18,21-22H,5-6,19-20H2,1-4H3,(H,33,37)/t21-,22-/m0/s1. The van der Waals surface area contributed by atoms with Crippen molar-refractivity contribution < 1.29 is 18.0 Å². The van der Waals surface area contributed by atoms with Crippen molar-refractivity contribution in [1.82, 2.24) is 10.2 Å². The Balaban J connectivity index is 2.03. The summed E-state index contributed by atoms with van der Waals surface area (Å²) < 4.78 is 28.7.